The topological polar surface area (TPSA) is 38.7 Å². The van der Waals surface area contributed by atoms with Crippen molar-refractivity contribution in [1.82, 2.24) is 0 Å². The van der Waals surface area contributed by atoms with Gasteiger partial charge in [-0.05, 0) is 37.0 Å². The van der Waals surface area contributed by atoms with E-state index in [4.69, 9.17) is 9.47 Å². The molecule has 0 saturated carbocycles. The summed E-state index contributed by atoms with van der Waals surface area (Å²) >= 11 is 0. The lowest BCUT2D eigenvalue weighted by atomic mass is 9.91. The van der Waals surface area contributed by atoms with Crippen LogP contribution in [-0.4, -0.2) is 25.3 Å². The number of benzene rings is 1. The van der Waals surface area contributed by atoms with E-state index >= 15 is 0 Å². The fraction of sp³-hybridized carbons (Fsp3) is 0.700. The molecule has 1 N–H and O–H groups in total. The standard InChI is InChI=1S/C20H33FO3/c1-4-5-6-7-8-9-10-18(20(22,23-2)24-3)14-11-17-12-15-19(21)16-13-17/h12-13,15-16,18,22H,4-11,14H2,1-3H3. The second kappa shape index (κ2) is 11.6. The Labute approximate surface area is 146 Å². The number of unbranched alkanes of at least 4 members (excludes halogenated alkanes) is 5. The van der Waals surface area contributed by atoms with Crippen LogP contribution >= 0.6 is 0 Å². The Balaban J connectivity index is 2.53. The van der Waals surface area contributed by atoms with Crippen LogP contribution in [0.1, 0.15) is 63.9 Å². The number of hydrogen-bond acceptors (Lipinski definition) is 3. The Bertz CT molecular complexity index is 429. The quantitative estimate of drug-likeness (QED) is 0.403. The van der Waals surface area contributed by atoms with Crippen LogP contribution in [0.2, 0.25) is 0 Å². The van der Waals surface area contributed by atoms with Crippen molar-refractivity contribution in [2.24, 2.45) is 5.92 Å². The van der Waals surface area contributed by atoms with E-state index in [-0.39, 0.29) is 11.7 Å². The molecular weight excluding hydrogens is 307 g/mol. The molecule has 0 radical (unpaired) electrons. The first-order valence-electron chi connectivity index (χ1n) is 9.12. The molecular formula is C20H33FO3. The van der Waals surface area contributed by atoms with Gasteiger partial charge < -0.3 is 14.6 Å². The molecule has 0 aliphatic rings. The van der Waals surface area contributed by atoms with Gasteiger partial charge in [-0.1, -0.05) is 57.6 Å². The second-order valence-corrected chi connectivity index (χ2v) is 6.46. The van der Waals surface area contributed by atoms with Crippen LogP contribution in [0.15, 0.2) is 24.3 Å². The molecule has 0 amide bonds. The number of hydrogen-bond donors (Lipinski definition) is 1. The molecule has 0 saturated heterocycles. The summed E-state index contributed by atoms with van der Waals surface area (Å²) in [5.41, 5.74) is 1.05. The Morgan fingerprint density at radius 2 is 1.54 bits per heavy atom. The molecule has 138 valence electrons. The number of methoxy groups -OCH3 is 2. The van der Waals surface area contributed by atoms with Gasteiger partial charge in [0.05, 0.1) is 0 Å². The van der Waals surface area contributed by atoms with Crippen molar-refractivity contribution >= 4 is 0 Å². The van der Waals surface area contributed by atoms with Crippen LogP contribution < -0.4 is 0 Å². The smallest absolute Gasteiger partial charge is 0.282 e. The molecule has 0 spiro atoms. The Hall–Kier alpha value is -0.970. The van der Waals surface area contributed by atoms with E-state index in [1.54, 1.807) is 12.1 Å². The number of ether oxygens (including phenoxy) is 2. The Morgan fingerprint density at radius 3 is 2.12 bits per heavy atom. The van der Waals surface area contributed by atoms with Crippen molar-refractivity contribution in [2.45, 2.75) is 70.7 Å². The van der Waals surface area contributed by atoms with Gasteiger partial charge in [0.25, 0.3) is 5.97 Å². The third-order valence-electron chi connectivity index (χ3n) is 4.70. The van der Waals surface area contributed by atoms with Crippen molar-refractivity contribution in [3.8, 4) is 0 Å². The van der Waals surface area contributed by atoms with Gasteiger partial charge in [-0.25, -0.2) is 4.39 Å². The molecule has 0 fully saturated rings. The molecule has 24 heavy (non-hydrogen) atoms. The van der Waals surface area contributed by atoms with E-state index in [9.17, 15) is 9.50 Å². The number of aliphatic hydroxyl groups is 1. The molecule has 0 heterocycles. The van der Waals surface area contributed by atoms with Gasteiger partial charge >= 0.3 is 0 Å². The van der Waals surface area contributed by atoms with E-state index in [0.717, 1.165) is 37.7 Å². The van der Waals surface area contributed by atoms with Crippen molar-refractivity contribution in [3.63, 3.8) is 0 Å². The maximum absolute atomic E-state index is 13.0. The SMILES string of the molecule is CCCCCCCCC(CCc1ccc(F)cc1)C(O)(OC)OC. The van der Waals surface area contributed by atoms with Gasteiger partial charge in [-0.3, -0.25) is 0 Å². The van der Waals surface area contributed by atoms with E-state index < -0.39 is 5.97 Å². The van der Waals surface area contributed by atoms with Crippen molar-refractivity contribution in [2.75, 3.05) is 14.2 Å². The summed E-state index contributed by atoms with van der Waals surface area (Å²) in [6, 6.07) is 6.51. The summed E-state index contributed by atoms with van der Waals surface area (Å²) in [6.45, 7) is 2.21. The third kappa shape index (κ3) is 7.29. The lowest BCUT2D eigenvalue weighted by molar-refractivity contribution is -0.369. The first kappa shape index (κ1) is 21.1. The minimum atomic E-state index is -1.55. The molecule has 0 aromatic heterocycles. The number of rotatable bonds is 13. The van der Waals surface area contributed by atoms with Crippen LogP contribution in [0.5, 0.6) is 0 Å². The molecule has 1 aromatic carbocycles. The first-order chi connectivity index (χ1) is 11.6. The molecule has 1 atom stereocenters. The van der Waals surface area contributed by atoms with Crippen LogP contribution in [0.3, 0.4) is 0 Å². The summed E-state index contributed by atoms with van der Waals surface area (Å²) in [5, 5.41) is 10.5. The van der Waals surface area contributed by atoms with E-state index in [1.165, 1.54) is 52.0 Å². The van der Waals surface area contributed by atoms with Crippen LogP contribution in [0.25, 0.3) is 0 Å². The van der Waals surface area contributed by atoms with Gasteiger partial charge in [0, 0.05) is 20.1 Å². The van der Waals surface area contributed by atoms with Crippen LogP contribution in [-0.2, 0) is 15.9 Å². The zero-order valence-electron chi connectivity index (χ0n) is 15.4. The molecule has 3 nitrogen and oxygen atoms in total. The highest BCUT2D eigenvalue weighted by molar-refractivity contribution is 5.16. The minimum absolute atomic E-state index is 0.108. The van der Waals surface area contributed by atoms with Gasteiger partial charge in [0.1, 0.15) is 5.82 Å². The lowest BCUT2D eigenvalue weighted by Gasteiger charge is -2.33. The van der Waals surface area contributed by atoms with Crippen molar-refractivity contribution < 1.29 is 19.0 Å². The summed E-state index contributed by atoms with van der Waals surface area (Å²) in [7, 11) is 2.94. The van der Waals surface area contributed by atoms with E-state index in [1.807, 2.05) is 0 Å². The Morgan fingerprint density at radius 1 is 0.958 bits per heavy atom. The average molecular weight is 340 g/mol. The van der Waals surface area contributed by atoms with Crippen molar-refractivity contribution in [3.05, 3.63) is 35.6 Å². The normalized spacial score (nSPS) is 13.2. The van der Waals surface area contributed by atoms with Crippen LogP contribution in [0.4, 0.5) is 4.39 Å². The first-order valence-corrected chi connectivity index (χ1v) is 9.12. The molecule has 1 unspecified atom stereocenters. The zero-order chi connectivity index (χ0) is 17.8. The highest BCUT2D eigenvalue weighted by Gasteiger charge is 2.36. The number of aryl methyl sites for hydroxylation is 1. The summed E-state index contributed by atoms with van der Waals surface area (Å²) < 4.78 is 23.4. The molecule has 1 rings (SSSR count). The molecule has 0 bridgehead atoms. The second-order valence-electron chi connectivity index (χ2n) is 6.46. The average Bonchev–Trinajstić information content (AvgIpc) is 2.61. The maximum Gasteiger partial charge on any atom is 0.282 e. The third-order valence-corrected chi connectivity index (χ3v) is 4.70. The summed E-state index contributed by atoms with van der Waals surface area (Å²) in [6.07, 6.45) is 9.59. The lowest BCUT2D eigenvalue weighted by Crippen LogP contribution is -2.42. The molecule has 0 aliphatic heterocycles. The van der Waals surface area contributed by atoms with Crippen LogP contribution in [0, 0.1) is 11.7 Å². The van der Waals surface area contributed by atoms with Gasteiger partial charge in [-0.15, -0.1) is 0 Å². The predicted molar refractivity (Wildman–Crippen MR) is 95.2 cm³/mol. The van der Waals surface area contributed by atoms with Gasteiger partial charge in [-0.2, -0.15) is 0 Å². The number of halogens is 1. The maximum atomic E-state index is 13.0. The fourth-order valence-electron chi connectivity index (χ4n) is 3.09. The Kier molecular flexibility index (Phi) is 10.2. The molecule has 0 aliphatic carbocycles. The highest BCUT2D eigenvalue weighted by Crippen LogP contribution is 2.29. The van der Waals surface area contributed by atoms with Gasteiger partial charge in [0.15, 0.2) is 0 Å². The van der Waals surface area contributed by atoms with E-state index in [0.29, 0.717) is 0 Å². The van der Waals surface area contributed by atoms with Crippen molar-refractivity contribution in [1.29, 1.82) is 0 Å². The van der Waals surface area contributed by atoms with E-state index in [2.05, 4.69) is 6.92 Å². The zero-order valence-corrected chi connectivity index (χ0v) is 15.4. The predicted octanol–water partition coefficient (Wildman–Crippen LogP) is 5.06. The minimum Gasteiger partial charge on any atom is -0.343 e. The largest absolute Gasteiger partial charge is 0.343 e. The van der Waals surface area contributed by atoms with Gasteiger partial charge in [0.2, 0.25) is 0 Å². The summed E-state index contributed by atoms with van der Waals surface area (Å²) in [4.78, 5) is 0. The highest BCUT2D eigenvalue weighted by atomic mass is 19.1. The summed E-state index contributed by atoms with van der Waals surface area (Å²) in [5.74, 6) is -1.89. The fourth-order valence-corrected chi connectivity index (χ4v) is 3.09. The molecule has 1 aromatic rings. The molecule has 4 heteroatoms. The monoisotopic (exact) mass is 340 g/mol.